The van der Waals surface area contributed by atoms with Gasteiger partial charge in [-0.3, -0.25) is 0 Å². The molecule has 270 valence electrons. The first-order valence-electron chi connectivity index (χ1n) is 19.5. The normalized spacial score (nSPS) is 12.5. The summed E-state index contributed by atoms with van der Waals surface area (Å²) in [5.74, 6) is 0.682. The molecule has 0 radical (unpaired) electrons. The quantitative estimate of drug-likeness (QED) is 0.153. The first kappa shape index (κ1) is 34.2. The van der Waals surface area contributed by atoms with Gasteiger partial charge in [0.05, 0.1) is 33.8 Å². The summed E-state index contributed by atoms with van der Waals surface area (Å²) in [5, 5.41) is 2.22. The Balaban J connectivity index is 1.03. The molecule has 3 heterocycles. The molecule has 0 amide bonds. The third-order valence-electron chi connectivity index (χ3n) is 10.9. The number of benzene rings is 6. The topological polar surface area (TPSA) is 51.6 Å². The van der Waals surface area contributed by atoms with E-state index in [-0.39, 0.29) is 0 Å². The van der Waals surface area contributed by atoms with E-state index in [1.165, 1.54) is 22.3 Å². The van der Waals surface area contributed by atoms with Crippen LogP contribution in [0, 0.1) is 6.92 Å². The van der Waals surface area contributed by atoms with Crippen molar-refractivity contribution in [2.24, 2.45) is 0 Å². The van der Waals surface area contributed by atoms with Crippen molar-refractivity contribution in [3.05, 3.63) is 199 Å². The van der Waals surface area contributed by atoms with Gasteiger partial charge in [0.2, 0.25) is 0 Å². The second-order valence-corrected chi connectivity index (χ2v) is 14.6. The lowest BCUT2D eigenvalue weighted by molar-refractivity contribution is 1.04. The minimum atomic E-state index is 0.682. The summed E-state index contributed by atoms with van der Waals surface area (Å²) in [6, 6.07) is 59.5. The molecule has 0 saturated carbocycles. The molecule has 10 rings (SSSR count). The summed E-state index contributed by atoms with van der Waals surface area (Å²) in [6.07, 6.45) is 8.57. The van der Waals surface area contributed by atoms with Crippen molar-refractivity contribution in [1.82, 2.24) is 19.9 Å². The smallest absolute Gasteiger partial charge is 0.160 e. The average molecular weight is 731 g/mol. The number of aryl methyl sites for hydroxylation is 1. The molecule has 0 spiro atoms. The van der Waals surface area contributed by atoms with Crippen molar-refractivity contribution < 1.29 is 0 Å². The van der Waals surface area contributed by atoms with Gasteiger partial charge >= 0.3 is 0 Å². The molecule has 9 aromatic rings. The van der Waals surface area contributed by atoms with Gasteiger partial charge < -0.3 is 0 Å². The number of fused-ring (bicyclic) bond motifs is 3. The fourth-order valence-corrected chi connectivity index (χ4v) is 7.82. The highest BCUT2D eigenvalue weighted by atomic mass is 14.9. The monoisotopic (exact) mass is 730 g/mol. The van der Waals surface area contributed by atoms with E-state index < -0.39 is 0 Å². The van der Waals surface area contributed by atoms with Gasteiger partial charge in [0.25, 0.3) is 0 Å². The molecule has 1 aliphatic carbocycles. The zero-order valence-corrected chi connectivity index (χ0v) is 31.6. The van der Waals surface area contributed by atoms with Gasteiger partial charge in [-0.25, -0.2) is 19.9 Å². The molecule has 57 heavy (non-hydrogen) atoms. The molecular weight excluding hydrogens is 693 g/mol. The number of hydrogen-bond acceptors (Lipinski definition) is 4. The largest absolute Gasteiger partial charge is 0.246 e. The van der Waals surface area contributed by atoms with Gasteiger partial charge in [-0.15, -0.1) is 0 Å². The Kier molecular flexibility index (Phi) is 8.85. The number of nitrogens with zero attached hydrogens (tertiary/aromatic N) is 4. The maximum Gasteiger partial charge on any atom is 0.160 e. The van der Waals surface area contributed by atoms with E-state index in [2.05, 4.69) is 171 Å². The number of hydrogen-bond donors (Lipinski definition) is 0. The molecule has 0 atom stereocenters. The molecule has 0 fully saturated rings. The van der Waals surface area contributed by atoms with Crippen molar-refractivity contribution >= 4 is 27.4 Å². The Morgan fingerprint density at radius 2 is 0.965 bits per heavy atom. The summed E-state index contributed by atoms with van der Waals surface area (Å²) in [4.78, 5) is 20.8. The van der Waals surface area contributed by atoms with E-state index >= 15 is 0 Å². The van der Waals surface area contributed by atoms with Crippen LogP contribution >= 0.6 is 0 Å². The first-order valence-corrected chi connectivity index (χ1v) is 19.5. The molecule has 0 saturated heterocycles. The minimum absolute atomic E-state index is 0.682. The number of rotatable bonds is 7. The molecule has 0 aliphatic heterocycles. The zero-order chi connectivity index (χ0) is 38.1. The molecule has 0 unspecified atom stereocenters. The maximum absolute atomic E-state index is 5.30. The second kappa shape index (κ2) is 14.7. The minimum Gasteiger partial charge on any atom is -0.246 e. The van der Waals surface area contributed by atoms with Crippen LogP contribution in [0.2, 0.25) is 0 Å². The summed E-state index contributed by atoms with van der Waals surface area (Å²) in [7, 11) is 0. The molecule has 4 nitrogen and oxygen atoms in total. The molecule has 0 N–H and O–H groups in total. The van der Waals surface area contributed by atoms with Gasteiger partial charge in [-0.2, -0.15) is 0 Å². The highest BCUT2D eigenvalue weighted by molar-refractivity contribution is 6.05. The molecule has 6 aromatic carbocycles. The molecule has 0 bridgehead atoms. The predicted molar refractivity (Wildman–Crippen MR) is 236 cm³/mol. The number of allylic oxidation sites excluding steroid dienone is 4. The maximum atomic E-state index is 5.30. The van der Waals surface area contributed by atoms with Gasteiger partial charge in [0.1, 0.15) is 0 Å². The van der Waals surface area contributed by atoms with E-state index in [4.69, 9.17) is 19.9 Å². The van der Waals surface area contributed by atoms with Crippen molar-refractivity contribution in [1.29, 1.82) is 0 Å². The van der Waals surface area contributed by atoms with Crippen LogP contribution in [0.1, 0.15) is 24.1 Å². The van der Waals surface area contributed by atoms with Crippen molar-refractivity contribution in [3.8, 4) is 67.4 Å². The zero-order valence-electron chi connectivity index (χ0n) is 31.6. The molecule has 1 aliphatic rings. The van der Waals surface area contributed by atoms with Gasteiger partial charge in [0.15, 0.2) is 5.82 Å². The summed E-state index contributed by atoms with van der Waals surface area (Å²) in [5.41, 5.74) is 16.7. The third kappa shape index (κ3) is 6.83. The first-order chi connectivity index (χ1) is 28.1. The number of aromatic nitrogens is 4. The Hall–Kier alpha value is -7.30. The highest BCUT2D eigenvalue weighted by Gasteiger charge is 2.15. The Bertz CT molecular complexity index is 3000. The lowest BCUT2D eigenvalue weighted by atomic mass is 9.97. The van der Waals surface area contributed by atoms with E-state index in [1.54, 1.807) is 0 Å². The summed E-state index contributed by atoms with van der Waals surface area (Å²) >= 11 is 0. The van der Waals surface area contributed by atoms with Crippen LogP contribution in [-0.2, 0) is 0 Å². The summed E-state index contributed by atoms with van der Waals surface area (Å²) in [6.45, 7) is 2.17. The summed E-state index contributed by atoms with van der Waals surface area (Å²) < 4.78 is 0. The van der Waals surface area contributed by atoms with Crippen molar-refractivity contribution in [2.75, 3.05) is 0 Å². The van der Waals surface area contributed by atoms with E-state index in [0.717, 1.165) is 90.8 Å². The standard InChI is InChI=1S/C53H38N4/c1-35-31-48(55-52-46(35)29-27-41-28-30-47(54-51(41)52)38-15-7-3-8-16-38)44-21-11-19-42(32-44)43-20-12-22-45(33-43)53-56-49(39-17-9-4-10-18-39)34-50(57-53)40-25-23-37(24-26-40)36-13-5-2-6-14-36/h2-7,9-15,17-34H,8,16H2,1H3. The average Bonchev–Trinajstić information content (AvgIpc) is 3.29. The predicted octanol–water partition coefficient (Wildman–Crippen LogP) is 13.6. The van der Waals surface area contributed by atoms with E-state index in [0.29, 0.717) is 5.82 Å². The van der Waals surface area contributed by atoms with Crippen molar-refractivity contribution in [3.63, 3.8) is 0 Å². The Morgan fingerprint density at radius 3 is 1.68 bits per heavy atom. The van der Waals surface area contributed by atoms with Gasteiger partial charge in [0, 0.05) is 33.0 Å². The van der Waals surface area contributed by atoms with E-state index in [1.807, 2.05) is 24.3 Å². The third-order valence-corrected chi connectivity index (χ3v) is 10.9. The van der Waals surface area contributed by atoms with Crippen LogP contribution in [0.3, 0.4) is 0 Å². The molecular formula is C53H38N4. The van der Waals surface area contributed by atoms with Crippen LogP contribution in [0.15, 0.2) is 188 Å². The SMILES string of the molecule is Cc1cc(-c2cccc(-c3cccc(-c4nc(-c5ccccc5)cc(-c5ccc(-c6ccccc6)cc5)n4)c3)c2)nc2c1ccc1ccc(C3=CC=CCC3)nc12. The fraction of sp³-hybridized carbons (Fsp3) is 0.0566. The second-order valence-electron chi connectivity index (χ2n) is 14.6. The lowest BCUT2D eigenvalue weighted by Crippen LogP contribution is -1.96. The lowest BCUT2D eigenvalue weighted by Gasteiger charge is -2.13. The molecule has 4 heteroatoms. The number of pyridine rings is 2. The van der Waals surface area contributed by atoms with Crippen LogP contribution < -0.4 is 0 Å². The van der Waals surface area contributed by atoms with E-state index in [9.17, 15) is 0 Å². The molecule has 3 aromatic heterocycles. The highest BCUT2D eigenvalue weighted by Crippen LogP contribution is 2.35. The van der Waals surface area contributed by atoms with Crippen LogP contribution in [0.5, 0.6) is 0 Å². The van der Waals surface area contributed by atoms with Gasteiger partial charge in [-0.05, 0) is 83.5 Å². The Morgan fingerprint density at radius 1 is 0.404 bits per heavy atom. The van der Waals surface area contributed by atoms with Crippen LogP contribution in [0.4, 0.5) is 0 Å². The van der Waals surface area contributed by atoms with Crippen molar-refractivity contribution in [2.45, 2.75) is 19.8 Å². The Labute approximate surface area is 332 Å². The van der Waals surface area contributed by atoms with Crippen LogP contribution in [0.25, 0.3) is 94.8 Å². The van der Waals surface area contributed by atoms with Crippen LogP contribution in [-0.4, -0.2) is 19.9 Å². The van der Waals surface area contributed by atoms with Gasteiger partial charge in [-0.1, -0.05) is 158 Å². The fourth-order valence-electron chi connectivity index (χ4n) is 7.82.